The average molecular weight is 1300 g/mol. The number of aliphatic imine (C=N–C) groups is 1. The van der Waals surface area contributed by atoms with Gasteiger partial charge in [0.2, 0.25) is 0 Å². The van der Waals surface area contributed by atoms with Crippen LogP contribution >= 0.6 is 10.7 Å². The number of ether oxygens (including phenoxy) is 3. The van der Waals surface area contributed by atoms with E-state index in [1.807, 2.05) is 32.1 Å². The number of esters is 3. The number of aliphatic hydroxyl groups excluding tert-OH is 1. The topological polar surface area (TPSA) is 184 Å². The van der Waals surface area contributed by atoms with E-state index in [9.17, 15) is 32.1 Å². The smallest absolute Gasteiger partial charge is 0.360 e. The van der Waals surface area contributed by atoms with Gasteiger partial charge < -0.3 is 28.4 Å². The zero-order valence-electron chi connectivity index (χ0n) is 56.3. The fourth-order valence-electron chi connectivity index (χ4n) is 9.27. The fraction of sp³-hybridized carbons (Fsp3) is 0.667. The summed E-state index contributed by atoms with van der Waals surface area (Å²) in [6.45, 7) is 14.0. The van der Waals surface area contributed by atoms with Crippen LogP contribution in [0.3, 0.4) is 0 Å². The van der Waals surface area contributed by atoms with Crippen LogP contribution in [0.1, 0.15) is 257 Å². The van der Waals surface area contributed by atoms with E-state index in [0.717, 1.165) is 101 Å². The van der Waals surface area contributed by atoms with Gasteiger partial charge in [-0.15, -0.1) is 0 Å². The summed E-state index contributed by atoms with van der Waals surface area (Å²) in [6.07, 6.45) is 54.5. The van der Waals surface area contributed by atoms with Crippen LogP contribution in [0, 0.1) is 13.8 Å². The molecule has 508 valence electrons. The number of aliphatic hydroxyl groups is 1. The Bertz CT molecular complexity index is 2340. The van der Waals surface area contributed by atoms with Crippen LogP contribution in [-0.4, -0.2) is 99.5 Å². The second-order valence-corrected chi connectivity index (χ2v) is 26.2. The lowest BCUT2D eigenvalue weighted by atomic mass is 10.1. The number of piperidine rings is 1. The van der Waals surface area contributed by atoms with Gasteiger partial charge in [0, 0.05) is 43.0 Å². The largest absolute Gasteiger partial charge is 0.469 e. The van der Waals surface area contributed by atoms with E-state index < -0.39 is 20.4 Å². The first-order chi connectivity index (χ1) is 43.0. The monoisotopic (exact) mass is 1300 g/mol. The maximum Gasteiger partial charge on any atom is 0.360 e. The summed E-state index contributed by atoms with van der Waals surface area (Å²) in [5, 5.41) is 9.82. The van der Waals surface area contributed by atoms with Crippen molar-refractivity contribution in [1.29, 1.82) is 0 Å². The van der Waals surface area contributed by atoms with Gasteiger partial charge in [-0.2, -0.15) is 4.21 Å². The van der Waals surface area contributed by atoms with Gasteiger partial charge in [-0.3, -0.25) is 23.6 Å². The molecule has 1 fully saturated rings. The minimum absolute atomic E-state index is 0.0839. The molecule has 2 aromatic carbocycles. The van der Waals surface area contributed by atoms with Crippen LogP contribution < -0.4 is 4.18 Å². The van der Waals surface area contributed by atoms with E-state index in [1.165, 1.54) is 168 Å². The normalized spacial score (nSPS) is 13.8. The summed E-state index contributed by atoms with van der Waals surface area (Å²) < 4.78 is 58.3. The van der Waals surface area contributed by atoms with Gasteiger partial charge >= 0.3 is 29.3 Å². The van der Waals surface area contributed by atoms with Gasteiger partial charge in [0.15, 0.2) is 0 Å². The van der Waals surface area contributed by atoms with Crippen LogP contribution in [0.5, 0.6) is 5.75 Å². The lowest BCUT2D eigenvalue weighted by molar-refractivity contribution is -0.141. The predicted molar refractivity (Wildman–Crippen MR) is 370 cm³/mol. The van der Waals surface area contributed by atoms with Crippen LogP contribution in [-0.2, 0) is 53.2 Å². The van der Waals surface area contributed by atoms with E-state index >= 15 is 0 Å². The minimum Gasteiger partial charge on any atom is -0.469 e. The van der Waals surface area contributed by atoms with Crippen molar-refractivity contribution >= 4 is 54.8 Å². The van der Waals surface area contributed by atoms with Crippen molar-refractivity contribution in [3.8, 4) is 5.75 Å². The van der Waals surface area contributed by atoms with Gasteiger partial charge in [0.25, 0.3) is 9.05 Å². The van der Waals surface area contributed by atoms with E-state index in [4.69, 9.17) is 19.0 Å². The molecule has 14 nitrogen and oxygen atoms in total. The third kappa shape index (κ3) is 53.7. The number of nitrogens with zero attached hydrogens (tertiary/aromatic N) is 2. The molecule has 2 aromatic rings. The molecule has 0 spiro atoms. The molecule has 0 bridgehead atoms. The number of carbonyl (C=O) groups is 3. The molecule has 1 N–H and O–H groups in total. The number of benzene rings is 2. The van der Waals surface area contributed by atoms with Crippen LogP contribution in [0.2, 0.25) is 0 Å². The molecule has 2 aliphatic heterocycles. The van der Waals surface area contributed by atoms with Crippen molar-refractivity contribution in [2.24, 2.45) is 4.99 Å². The Balaban J connectivity index is 0.00000113. The minimum atomic E-state index is -3.55. The molecular formula is C72H119ClN2O12S2. The number of rotatable bonds is 43. The van der Waals surface area contributed by atoms with Gasteiger partial charge in [-0.1, -0.05) is 214 Å². The highest BCUT2D eigenvalue weighted by atomic mass is 35.7. The number of unbranched alkanes of at least 4 members (excludes halogenated alkanes) is 20. The van der Waals surface area contributed by atoms with Crippen molar-refractivity contribution in [3.05, 3.63) is 108 Å². The summed E-state index contributed by atoms with van der Waals surface area (Å²) in [6, 6.07) is 13.7. The Morgan fingerprint density at radius 3 is 1.57 bits per heavy atom. The summed E-state index contributed by atoms with van der Waals surface area (Å²) in [4.78, 5) is 39.9. The quantitative estimate of drug-likeness (QED) is 0.0165. The van der Waals surface area contributed by atoms with E-state index in [1.54, 1.807) is 30.3 Å². The molecule has 0 aliphatic carbocycles. The molecule has 0 aromatic heterocycles. The van der Waals surface area contributed by atoms with Gasteiger partial charge in [-0.05, 0) is 128 Å². The van der Waals surface area contributed by atoms with E-state index in [0.29, 0.717) is 25.0 Å². The van der Waals surface area contributed by atoms with Gasteiger partial charge in [0.05, 0.1) is 57.2 Å². The van der Waals surface area contributed by atoms with Crippen molar-refractivity contribution in [2.75, 3.05) is 41.0 Å². The first kappa shape index (κ1) is 84.4. The highest BCUT2D eigenvalue weighted by Crippen LogP contribution is 2.20. The molecular weight excluding hydrogens is 1180 g/mol. The van der Waals surface area contributed by atoms with Crippen molar-refractivity contribution in [3.63, 3.8) is 0 Å². The number of allylic oxidation sites excluding steroid dienone is 5. The van der Waals surface area contributed by atoms with Gasteiger partial charge in [-0.25, -0.2) is 8.42 Å². The van der Waals surface area contributed by atoms with Crippen LogP contribution in [0.4, 0.5) is 0 Å². The molecule has 4 rings (SSSR count). The van der Waals surface area contributed by atoms with Crippen LogP contribution in [0.25, 0.3) is 0 Å². The number of hydrogen-bond acceptors (Lipinski definition) is 14. The number of fused-ring (bicyclic) bond motifs is 1. The zero-order chi connectivity index (χ0) is 65.9. The molecule has 2 heterocycles. The fourth-order valence-corrected chi connectivity index (χ4v) is 10.7. The number of methoxy groups -OCH3 is 3. The third-order valence-electron chi connectivity index (χ3n) is 14.8. The number of hydrogen-bond donors (Lipinski definition) is 1. The maximum absolute atomic E-state index is 12.2. The first-order valence-electron chi connectivity index (χ1n) is 33.7. The molecule has 0 saturated carbocycles. The van der Waals surface area contributed by atoms with E-state index in [-0.39, 0.29) is 41.4 Å². The summed E-state index contributed by atoms with van der Waals surface area (Å²) in [5.74, 6) is 1.42. The summed E-state index contributed by atoms with van der Waals surface area (Å²) >= 11 is -1.86. The molecule has 2 aliphatic rings. The number of amidine groups is 1. The van der Waals surface area contributed by atoms with Crippen molar-refractivity contribution in [1.82, 2.24) is 4.90 Å². The molecule has 3 atom stereocenters. The molecule has 0 radical (unpaired) electrons. The Labute approximate surface area is 547 Å². The number of carbonyl (C=O) groups excluding carboxylic acids is 3. The summed E-state index contributed by atoms with van der Waals surface area (Å²) in [7, 11) is 5.79. The highest BCUT2D eigenvalue weighted by Gasteiger charge is 2.19. The SMILES string of the molecule is C1CCN2CCN=C2C1.CCCCCC/C=C/C=C/CCCCCCCC(=O)OC.CCCCCCC(C/C=C/CC(=O)OC)OS(=O)Oc1ccc(C)cc1.CCCCCCC(O)C/C=C/CCCCCCCC(=O)OC.Cc1ccc(S(=O)(=O)Cl)cc1. The highest BCUT2D eigenvalue weighted by molar-refractivity contribution is 8.13. The summed E-state index contributed by atoms with van der Waals surface area (Å²) in [5.41, 5.74) is 2.11. The van der Waals surface area contributed by atoms with Crippen LogP contribution in [0.15, 0.2) is 107 Å². The second-order valence-electron chi connectivity index (χ2n) is 22.8. The second kappa shape index (κ2) is 59.7. The van der Waals surface area contributed by atoms with E-state index in [2.05, 4.69) is 81.3 Å². The zero-order valence-corrected chi connectivity index (χ0v) is 58.7. The number of aryl methyl sites for hydroxylation is 2. The third-order valence-corrected chi connectivity index (χ3v) is 16.9. The first-order valence-corrected chi connectivity index (χ1v) is 37.0. The standard InChI is InChI=1S/C20H30O5S.C19H36O3.C19H34O2.C7H7ClO2S.C7H12N2/c1-4-5-6-7-10-18(11-8-9-12-20(21)23-3)24-26(22)25-19-15-13-17(2)14-16-19;1-3-4-5-12-15-18(20)16-13-10-8-6-7-9-11-14-17-19(21)22-2;1-3-4-5-6-7-8-9-10-11-12-13-14-15-16-17-18-19(20)21-2;1-6-2-4-7(5-3-6)11(8,9)10;1-2-5-9-6-4-8-7(9)3-1/h8-9,13-16,18H,4-7,10-12H2,1-3H3;10,13,18,20H,3-9,11-12,14-17H2,1-2H3;8-11H,3-7,12-18H2,1-2H3;2-5H,1H3;1-6H2/b9-8+;13-10+;9-8+,11-10+;;. The number of halogens is 1. The average Bonchev–Trinajstić information content (AvgIpc) is 4.17. The lowest BCUT2D eigenvalue weighted by Crippen LogP contribution is -2.32. The Kier molecular flexibility index (Phi) is 56.6. The Hall–Kier alpha value is -4.61. The lowest BCUT2D eigenvalue weighted by Gasteiger charge is -2.24. The van der Waals surface area contributed by atoms with Gasteiger partial charge in [0.1, 0.15) is 5.75 Å². The van der Waals surface area contributed by atoms with Crippen molar-refractivity contribution in [2.45, 2.75) is 276 Å². The molecule has 17 heteroatoms. The molecule has 1 saturated heterocycles. The Morgan fingerprint density at radius 1 is 0.584 bits per heavy atom. The maximum atomic E-state index is 12.2. The predicted octanol–water partition coefficient (Wildman–Crippen LogP) is 18.8. The Morgan fingerprint density at radius 2 is 1.06 bits per heavy atom. The molecule has 89 heavy (non-hydrogen) atoms. The van der Waals surface area contributed by atoms with Crippen molar-refractivity contribution < 1.29 is 54.7 Å². The molecule has 0 amide bonds. The molecule has 3 unspecified atom stereocenters.